The minimum atomic E-state index is -3.62. The number of rotatable bonds is 7. The molecule has 0 fully saturated rings. The maximum atomic E-state index is 12.6. The summed E-state index contributed by atoms with van der Waals surface area (Å²) < 4.78 is 31.7. The molecule has 0 saturated heterocycles. The van der Waals surface area contributed by atoms with E-state index in [2.05, 4.69) is 0 Å². The third-order valence-corrected chi connectivity index (χ3v) is 5.21. The van der Waals surface area contributed by atoms with Gasteiger partial charge in [0.25, 0.3) is 0 Å². The predicted molar refractivity (Wildman–Crippen MR) is 78.2 cm³/mol. The standard InChI is InChI=1S/C14H23NO4S/c1-5-11(2)9-15(3)20(17,18)14-8-12(10-16)6-7-13(14)19-4/h6-8,11,16H,5,9-10H2,1-4H3. The summed E-state index contributed by atoms with van der Waals surface area (Å²) in [6.07, 6.45) is 0.910. The molecule has 0 bridgehead atoms. The first-order chi connectivity index (χ1) is 9.36. The number of hydrogen-bond donors (Lipinski definition) is 1. The van der Waals surface area contributed by atoms with Crippen LogP contribution in [-0.2, 0) is 16.6 Å². The average molecular weight is 301 g/mol. The third kappa shape index (κ3) is 3.71. The highest BCUT2D eigenvalue weighted by atomic mass is 32.2. The highest BCUT2D eigenvalue weighted by molar-refractivity contribution is 7.89. The van der Waals surface area contributed by atoms with Crippen LogP contribution in [0.5, 0.6) is 5.75 Å². The van der Waals surface area contributed by atoms with Gasteiger partial charge in [0.1, 0.15) is 10.6 Å². The van der Waals surface area contributed by atoms with Crippen LogP contribution in [0.3, 0.4) is 0 Å². The fourth-order valence-corrected chi connectivity index (χ4v) is 3.35. The molecule has 114 valence electrons. The number of nitrogens with zero attached hydrogens (tertiary/aromatic N) is 1. The summed E-state index contributed by atoms with van der Waals surface area (Å²) in [4.78, 5) is 0.0948. The van der Waals surface area contributed by atoms with Crippen LogP contribution in [-0.4, -0.2) is 38.5 Å². The van der Waals surface area contributed by atoms with Crippen LogP contribution < -0.4 is 4.74 Å². The molecule has 20 heavy (non-hydrogen) atoms. The third-order valence-electron chi connectivity index (χ3n) is 3.36. The molecule has 1 atom stereocenters. The first-order valence-corrected chi connectivity index (χ1v) is 8.04. The van der Waals surface area contributed by atoms with Gasteiger partial charge in [-0.05, 0) is 23.6 Å². The molecular weight excluding hydrogens is 278 g/mol. The zero-order chi connectivity index (χ0) is 15.3. The van der Waals surface area contributed by atoms with E-state index in [4.69, 9.17) is 9.84 Å². The second kappa shape index (κ2) is 7.06. The van der Waals surface area contributed by atoms with Crippen LogP contribution in [0, 0.1) is 5.92 Å². The van der Waals surface area contributed by atoms with Crippen molar-refractivity contribution in [3.05, 3.63) is 23.8 Å². The summed E-state index contributed by atoms with van der Waals surface area (Å²) in [5, 5.41) is 9.16. The van der Waals surface area contributed by atoms with Crippen LogP contribution in [0.2, 0.25) is 0 Å². The van der Waals surface area contributed by atoms with Gasteiger partial charge in [-0.3, -0.25) is 0 Å². The molecule has 5 nitrogen and oxygen atoms in total. The molecule has 1 unspecified atom stereocenters. The molecule has 0 aromatic heterocycles. The van der Waals surface area contributed by atoms with Crippen molar-refractivity contribution in [2.24, 2.45) is 5.92 Å². The van der Waals surface area contributed by atoms with E-state index in [0.29, 0.717) is 17.9 Å². The van der Waals surface area contributed by atoms with Gasteiger partial charge in [0, 0.05) is 13.6 Å². The second-order valence-corrected chi connectivity index (χ2v) is 6.96. The van der Waals surface area contributed by atoms with Crippen molar-refractivity contribution in [2.45, 2.75) is 31.8 Å². The molecule has 1 aromatic carbocycles. The first-order valence-electron chi connectivity index (χ1n) is 6.60. The Morgan fingerprint density at radius 3 is 2.55 bits per heavy atom. The number of ether oxygens (including phenoxy) is 1. The molecule has 0 aliphatic rings. The summed E-state index contributed by atoms with van der Waals surface area (Å²) in [6.45, 7) is 4.28. The minimum absolute atomic E-state index is 0.0948. The summed E-state index contributed by atoms with van der Waals surface area (Å²) in [5.74, 6) is 0.569. The largest absolute Gasteiger partial charge is 0.495 e. The van der Waals surface area contributed by atoms with Gasteiger partial charge in [0.05, 0.1) is 13.7 Å². The smallest absolute Gasteiger partial charge is 0.246 e. The maximum absolute atomic E-state index is 12.6. The summed E-state index contributed by atoms with van der Waals surface area (Å²) in [7, 11) is -0.628. The SMILES string of the molecule is CCC(C)CN(C)S(=O)(=O)c1cc(CO)ccc1OC. The molecular formula is C14H23NO4S. The zero-order valence-corrected chi connectivity index (χ0v) is 13.3. The predicted octanol–water partition coefficient (Wildman–Crippen LogP) is 1.85. The van der Waals surface area contributed by atoms with Crippen molar-refractivity contribution >= 4 is 10.0 Å². The molecule has 0 spiro atoms. The van der Waals surface area contributed by atoms with Crippen LogP contribution in [0.4, 0.5) is 0 Å². The van der Waals surface area contributed by atoms with E-state index in [1.807, 2.05) is 13.8 Å². The fraction of sp³-hybridized carbons (Fsp3) is 0.571. The Kier molecular flexibility index (Phi) is 5.98. The van der Waals surface area contributed by atoms with E-state index in [1.54, 1.807) is 19.2 Å². The fourth-order valence-electron chi connectivity index (χ4n) is 1.86. The van der Waals surface area contributed by atoms with Crippen LogP contribution in [0.25, 0.3) is 0 Å². The van der Waals surface area contributed by atoms with Gasteiger partial charge in [0.2, 0.25) is 10.0 Å². The number of methoxy groups -OCH3 is 1. The van der Waals surface area contributed by atoms with Gasteiger partial charge in [-0.2, -0.15) is 0 Å². The van der Waals surface area contributed by atoms with Crippen molar-refractivity contribution in [1.29, 1.82) is 0 Å². The maximum Gasteiger partial charge on any atom is 0.246 e. The average Bonchev–Trinajstić information content (AvgIpc) is 2.46. The molecule has 1 aromatic rings. The topological polar surface area (TPSA) is 66.8 Å². The number of benzene rings is 1. The highest BCUT2D eigenvalue weighted by Crippen LogP contribution is 2.28. The molecule has 0 saturated carbocycles. The summed E-state index contributed by atoms with van der Waals surface area (Å²) in [6, 6.07) is 4.67. The molecule has 0 amide bonds. The molecule has 6 heteroatoms. The van der Waals surface area contributed by atoms with E-state index in [-0.39, 0.29) is 17.4 Å². The van der Waals surface area contributed by atoms with Gasteiger partial charge < -0.3 is 9.84 Å². The number of aliphatic hydroxyl groups excluding tert-OH is 1. The van der Waals surface area contributed by atoms with E-state index < -0.39 is 10.0 Å². The molecule has 0 radical (unpaired) electrons. The molecule has 0 heterocycles. The number of hydrogen-bond acceptors (Lipinski definition) is 4. The lowest BCUT2D eigenvalue weighted by Gasteiger charge is -2.22. The van der Waals surface area contributed by atoms with Gasteiger partial charge >= 0.3 is 0 Å². The van der Waals surface area contributed by atoms with Gasteiger partial charge in [-0.25, -0.2) is 12.7 Å². The lowest BCUT2D eigenvalue weighted by molar-refractivity contribution is 0.281. The minimum Gasteiger partial charge on any atom is -0.495 e. The van der Waals surface area contributed by atoms with Crippen molar-refractivity contribution < 1.29 is 18.3 Å². The zero-order valence-electron chi connectivity index (χ0n) is 12.5. The molecule has 1 N–H and O–H groups in total. The normalized spacial score (nSPS) is 13.5. The van der Waals surface area contributed by atoms with Crippen molar-refractivity contribution in [1.82, 2.24) is 4.31 Å². The lowest BCUT2D eigenvalue weighted by atomic mass is 10.1. The van der Waals surface area contributed by atoms with E-state index in [9.17, 15) is 8.42 Å². The van der Waals surface area contributed by atoms with E-state index >= 15 is 0 Å². The van der Waals surface area contributed by atoms with Crippen LogP contribution in [0.15, 0.2) is 23.1 Å². The van der Waals surface area contributed by atoms with Gasteiger partial charge in [0.15, 0.2) is 0 Å². The monoisotopic (exact) mass is 301 g/mol. The molecule has 0 aliphatic carbocycles. The summed E-state index contributed by atoms with van der Waals surface area (Å²) >= 11 is 0. The Labute approximate surface area is 121 Å². The highest BCUT2D eigenvalue weighted by Gasteiger charge is 2.26. The van der Waals surface area contributed by atoms with E-state index in [1.165, 1.54) is 17.5 Å². The second-order valence-electron chi connectivity index (χ2n) is 4.94. The number of sulfonamides is 1. The van der Waals surface area contributed by atoms with Crippen LogP contribution >= 0.6 is 0 Å². The Morgan fingerprint density at radius 2 is 2.05 bits per heavy atom. The van der Waals surface area contributed by atoms with E-state index in [0.717, 1.165) is 6.42 Å². The Hall–Kier alpha value is -1.11. The molecule has 1 rings (SSSR count). The van der Waals surface area contributed by atoms with Crippen LogP contribution in [0.1, 0.15) is 25.8 Å². The Morgan fingerprint density at radius 1 is 1.40 bits per heavy atom. The lowest BCUT2D eigenvalue weighted by Crippen LogP contribution is -2.31. The van der Waals surface area contributed by atoms with Gasteiger partial charge in [-0.15, -0.1) is 0 Å². The summed E-state index contributed by atoms with van der Waals surface area (Å²) in [5.41, 5.74) is 0.543. The Balaban J connectivity index is 3.19. The van der Waals surface area contributed by atoms with Crippen molar-refractivity contribution in [3.8, 4) is 5.75 Å². The molecule has 0 aliphatic heterocycles. The van der Waals surface area contributed by atoms with Crippen molar-refractivity contribution in [3.63, 3.8) is 0 Å². The quantitative estimate of drug-likeness (QED) is 0.834. The number of aliphatic hydroxyl groups is 1. The Bertz CT molecular complexity index is 542. The van der Waals surface area contributed by atoms with Crippen molar-refractivity contribution in [2.75, 3.05) is 20.7 Å². The van der Waals surface area contributed by atoms with Gasteiger partial charge in [-0.1, -0.05) is 26.3 Å². The first kappa shape index (κ1) is 16.9.